The number of hydrogen-bond acceptors (Lipinski definition) is 6. The highest BCUT2D eigenvalue weighted by Crippen LogP contribution is 2.31. The zero-order valence-electron chi connectivity index (χ0n) is 13.9. The van der Waals surface area contributed by atoms with E-state index in [1.807, 2.05) is 18.2 Å². The standard InChI is InChI=1S/C19H17N3O2S2/c23-19(24)15-11-25-17(22-15)18-21-14-7-6-13(10-16(14)26-18)20-9-8-12-4-2-1-3-5-12/h1-7,10,15,20H,8-9,11H2,(H,23,24)/t15-/m1/s1. The zero-order valence-corrected chi connectivity index (χ0v) is 15.5. The van der Waals surface area contributed by atoms with Crippen molar-refractivity contribution in [3.8, 4) is 0 Å². The minimum Gasteiger partial charge on any atom is -0.480 e. The van der Waals surface area contributed by atoms with Crippen molar-refractivity contribution in [3.05, 3.63) is 59.1 Å². The highest BCUT2D eigenvalue weighted by molar-refractivity contribution is 8.15. The molecule has 0 fully saturated rings. The second kappa shape index (κ2) is 7.47. The third-order valence-corrected chi connectivity index (χ3v) is 6.30. The molecule has 0 bridgehead atoms. The number of aliphatic carboxylic acids is 1. The van der Waals surface area contributed by atoms with Crippen LogP contribution < -0.4 is 5.32 Å². The monoisotopic (exact) mass is 383 g/mol. The minimum absolute atomic E-state index is 0.479. The maximum atomic E-state index is 11.1. The zero-order chi connectivity index (χ0) is 17.9. The summed E-state index contributed by atoms with van der Waals surface area (Å²) >= 11 is 3.02. The third-order valence-electron chi connectivity index (χ3n) is 4.09. The van der Waals surface area contributed by atoms with Crippen LogP contribution in [0.5, 0.6) is 0 Å². The molecule has 26 heavy (non-hydrogen) atoms. The van der Waals surface area contributed by atoms with Crippen LogP contribution in [0.15, 0.2) is 53.5 Å². The number of nitrogens with zero attached hydrogens (tertiary/aromatic N) is 2. The Bertz CT molecular complexity index is 969. The molecule has 0 radical (unpaired) electrons. The first-order chi connectivity index (χ1) is 12.7. The second-order valence-corrected chi connectivity index (χ2v) is 8.00. The van der Waals surface area contributed by atoms with Crippen molar-refractivity contribution in [2.45, 2.75) is 12.5 Å². The Morgan fingerprint density at radius 3 is 2.85 bits per heavy atom. The van der Waals surface area contributed by atoms with E-state index in [9.17, 15) is 4.79 Å². The van der Waals surface area contributed by atoms with Crippen LogP contribution in [0, 0.1) is 0 Å². The van der Waals surface area contributed by atoms with E-state index >= 15 is 0 Å². The van der Waals surface area contributed by atoms with Gasteiger partial charge in [-0.3, -0.25) is 4.99 Å². The Labute approximate surface area is 159 Å². The van der Waals surface area contributed by atoms with Crippen molar-refractivity contribution >= 4 is 50.0 Å². The van der Waals surface area contributed by atoms with Crippen molar-refractivity contribution in [3.63, 3.8) is 0 Å². The first kappa shape index (κ1) is 17.1. The number of rotatable bonds is 6. The van der Waals surface area contributed by atoms with Crippen molar-refractivity contribution in [1.82, 2.24) is 4.98 Å². The summed E-state index contributed by atoms with van der Waals surface area (Å²) in [7, 11) is 0. The average Bonchev–Trinajstić information content (AvgIpc) is 3.29. The molecule has 0 unspecified atom stereocenters. The van der Waals surface area contributed by atoms with Gasteiger partial charge >= 0.3 is 5.97 Å². The van der Waals surface area contributed by atoms with Crippen LogP contribution in [-0.2, 0) is 11.2 Å². The summed E-state index contributed by atoms with van der Waals surface area (Å²) in [6.45, 7) is 0.865. The summed E-state index contributed by atoms with van der Waals surface area (Å²) < 4.78 is 1.08. The first-order valence-corrected chi connectivity index (χ1v) is 10.1. The number of carboxylic acids is 1. The number of thiazole rings is 1. The molecule has 1 atom stereocenters. The Kier molecular flexibility index (Phi) is 4.90. The van der Waals surface area contributed by atoms with E-state index in [0.29, 0.717) is 5.75 Å². The molecule has 4 rings (SSSR count). The molecule has 7 heteroatoms. The predicted molar refractivity (Wildman–Crippen MR) is 109 cm³/mol. The number of carboxylic acid groups (broad SMARTS) is 1. The lowest BCUT2D eigenvalue weighted by Crippen LogP contribution is -2.17. The van der Waals surface area contributed by atoms with Crippen molar-refractivity contribution in [2.75, 3.05) is 17.6 Å². The van der Waals surface area contributed by atoms with E-state index in [1.54, 1.807) is 11.3 Å². The molecule has 1 aromatic heterocycles. The lowest BCUT2D eigenvalue weighted by atomic mass is 10.1. The summed E-state index contributed by atoms with van der Waals surface area (Å²) in [6.07, 6.45) is 0.969. The molecule has 1 aliphatic rings. The van der Waals surface area contributed by atoms with Gasteiger partial charge in [-0.05, 0) is 30.2 Å². The molecule has 0 saturated heterocycles. The quantitative estimate of drug-likeness (QED) is 0.675. The van der Waals surface area contributed by atoms with Crippen molar-refractivity contribution < 1.29 is 9.90 Å². The fourth-order valence-corrected chi connectivity index (χ4v) is 4.84. The second-order valence-electron chi connectivity index (χ2n) is 5.96. The number of nitrogens with one attached hydrogen (secondary N) is 1. The fraction of sp³-hybridized carbons (Fsp3) is 0.211. The molecule has 3 aromatic rings. The number of thioether (sulfide) groups is 1. The third kappa shape index (κ3) is 3.73. The van der Waals surface area contributed by atoms with Crippen LogP contribution in [0.3, 0.4) is 0 Å². The molecule has 2 heterocycles. The van der Waals surface area contributed by atoms with Crippen molar-refractivity contribution in [1.29, 1.82) is 0 Å². The van der Waals surface area contributed by atoms with Gasteiger partial charge < -0.3 is 10.4 Å². The number of benzene rings is 2. The van der Waals surface area contributed by atoms with E-state index in [0.717, 1.165) is 38.9 Å². The Morgan fingerprint density at radius 1 is 1.23 bits per heavy atom. The van der Waals surface area contributed by atoms with Crippen LogP contribution in [0.25, 0.3) is 10.2 Å². The van der Waals surface area contributed by atoms with Gasteiger partial charge in [-0.25, -0.2) is 9.78 Å². The normalized spacial score (nSPS) is 16.6. The smallest absolute Gasteiger partial charge is 0.329 e. The van der Waals surface area contributed by atoms with Gasteiger partial charge in [0.2, 0.25) is 0 Å². The topological polar surface area (TPSA) is 74.6 Å². The molecule has 5 nitrogen and oxygen atoms in total. The molecule has 0 amide bonds. The first-order valence-electron chi connectivity index (χ1n) is 8.31. The maximum Gasteiger partial charge on any atom is 0.329 e. The molecule has 2 aromatic carbocycles. The van der Waals surface area contributed by atoms with Gasteiger partial charge in [0.1, 0.15) is 10.1 Å². The Balaban J connectivity index is 1.46. The van der Waals surface area contributed by atoms with Crippen LogP contribution in [0.2, 0.25) is 0 Å². The average molecular weight is 383 g/mol. The number of aliphatic imine (C=N–C) groups is 1. The van der Waals surface area contributed by atoms with Gasteiger partial charge in [0.25, 0.3) is 0 Å². The van der Waals surface area contributed by atoms with Crippen LogP contribution in [-0.4, -0.2) is 39.4 Å². The van der Waals surface area contributed by atoms with Gasteiger partial charge in [-0.15, -0.1) is 23.1 Å². The van der Waals surface area contributed by atoms with Crippen LogP contribution in [0.1, 0.15) is 10.6 Å². The summed E-state index contributed by atoms with van der Waals surface area (Å²) in [4.78, 5) is 19.9. The fourth-order valence-electron chi connectivity index (χ4n) is 2.74. The highest BCUT2D eigenvalue weighted by atomic mass is 32.2. The number of hydrogen-bond donors (Lipinski definition) is 2. The molecule has 2 N–H and O–H groups in total. The molecule has 0 spiro atoms. The van der Waals surface area contributed by atoms with Gasteiger partial charge in [0.05, 0.1) is 10.2 Å². The number of aromatic nitrogens is 1. The minimum atomic E-state index is -0.876. The molecule has 132 valence electrons. The van der Waals surface area contributed by atoms with E-state index in [4.69, 9.17) is 5.11 Å². The largest absolute Gasteiger partial charge is 0.480 e. The lowest BCUT2D eigenvalue weighted by molar-refractivity contribution is -0.137. The molecule has 0 saturated carbocycles. The van der Waals surface area contributed by atoms with Gasteiger partial charge in [-0.2, -0.15) is 0 Å². The predicted octanol–water partition coefficient (Wildman–Crippen LogP) is 3.90. The maximum absolute atomic E-state index is 11.1. The van der Waals surface area contributed by atoms with Crippen LogP contribution in [0.4, 0.5) is 5.69 Å². The van der Waals surface area contributed by atoms with Crippen molar-refractivity contribution in [2.24, 2.45) is 4.99 Å². The van der Waals surface area contributed by atoms with Gasteiger partial charge in [0.15, 0.2) is 6.04 Å². The lowest BCUT2D eigenvalue weighted by Gasteiger charge is -2.06. The summed E-state index contributed by atoms with van der Waals surface area (Å²) in [6, 6.07) is 15.9. The summed E-state index contributed by atoms with van der Waals surface area (Å²) in [5.74, 6) is -0.397. The number of fused-ring (bicyclic) bond motifs is 1. The van der Waals surface area contributed by atoms with Crippen LogP contribution >= 0.6 is 23.1 Å². The Hall–Kier alpha value is -2.38. The molecule has 1 aliphatic heterocycles. The SMILES string of the molecule is O=C(O)[C@H]1CSC(c2nc3ccc(NCCc4ccccc4)cc3s2)=N1. The summed E-state index contributed by atoms with van der Waals surface area (Å²) in [5.41, 5.74) is 3.29. The molecular weight excluding hydrogens is 366 g/mol. The molecule has 0 aliphatic carbocycles. The van der Waals surface area contributed by atoms with Gasteiger partial charge in [-0.1, -0.05) is 30.3 Å². The van der Waals surface area contributed by atoms with E-state index in [2.05, 4.69) is 45.6 Å². The highest BCUT2D eigenvalue weighted by Gasteiger charge is 2.26. The van der Waals surface area contributed by atoms with E-state index in [1.165, 1.54) is 17.3 Å². The summed E-state index contributed by atoms with van der Waals surface area (Å²) in [5, 5.41) is 14.1. The van der Waals surface area contributed by atoms with Gasteiger partial charge in [0, 0.05) is 18.0 Å². The number of anilines is 1. The molecular formula is C19H17N3O2S2. The number of carbonyl (C=O) groups is 1. The Morgan fingerprint density at radius 2 is 2.08 bits per heavy atom. The van der Waals surface area contributed by atoms with E-state index in [-0.39, 0.29) is 0 Å². The van der Waals surface area contributed by atoms with E-state index < -0.39 is 12.0 Å².